The summed E-state index contributed by atoms with van der Waals surface area (Å²) < 4.78 is 0. The molecule has 3 amide bonds. The lowest BCUT2D eigenvalue weighted by Gasteiger charge is -2.16. The molecule has 1 fully saturated rings. The van der Waals surface area contributed by atoms with Crippen LogP contribution in [0.5, 0.6) is 0 Å². The Morgan fingerprint density at radius 1 is 0.722 bits per heavy atom. The fourth-order valence-electron chi connectivity index (χ4n) is 3.92. The molecule has 11 heteroatoms. The lowest BCUT2D eigenvalue weighted by atomic mass is 10.0. The average Bonchev–Trinajstić information content (AvgIpc) is 3.13. The van der Waals surface area contributed by atoms with Gasteiger partial charge in [-0.15, -0.1) is 5.06 Å². The topological polar surface area (TPSA) is 167 Å². The first kappa shape index (κ1) is 31.1. The maximum atomic E-state index is 12.1. The minimum Gasteiger partial charge on any atom is -0.481 e. The summed E-state index contributed by atoms with van der Waals surface area (Å²) >= 11 is 0. The van der Waals surface area contributed by atoms with E-state index in [2.05, 4.69) is 5.32 Å². The molecule has 0 aromatic carbocycles. The number of unbranched alkanes of at least 4 members (excludes halogenated alkanes) is 11. The van der Waals surface area contributed by atoms with E-state index in [0.29, 0.717) is 11.5 Å². The molecule has 0 bridgehead atoms. The van der Waals surface area contributed by atoms with Crippen molar-refractivity contribution >= 4 is 35.6 Å². The molecule has 0 aromatic heterocycles. The van der Waals surface area contributed by atoms with Crippen LogP contribution >= 0.6 is 0 Å². The van der Waals surface area contributed by atoms with Crippen LogP contribution in [0.15, 0.2) is 0 Å². The molecule has 1 atom stereocenters. The number of nitrogens with zero attached hydrogens (tertiary/aromatic N) is 1. The van der Waals surface area contributed by atoms with Gasteiger partial charge < -0.3 is 20.4 Å². The van der Waals surface area contributed by atoms with E-state index in [1.165, 1.54) is 19.3 Å². The largest absolute Gasteiger partial charge is 0.481 e. The highest BCUT2D eigenvalue weighted by Crippen LogP contribution is 2.14. The van der Waals surface area contributed by atoms with E-state index in [-0.39, 0.29) is 38.5 Å². The molecule has 1 saturated heterocycles. The first-order chi connectivity index (χ1) is 17.2. The van der Waals surface area contributed by atoms with Crippen molar-refractivity contribution in [2.75, 3.05) is 0 Å². The van der Waals surface area contributed by atoms with Crippen molar-refractivity contribution in [3.8, 4) is 0 Å². The van der Waals surface area contributed by atoms with Gasteiger partial charge in [-0.1, -0.05) is 64.2 Å². The summed E-state index contributed by atoms with van der Waals surface area (Å²) in [6.07, 6.45) is 12.0. The van der Waals surface area contributed by atoms with Gasteiger partial charge in [0.15, 0.2) is 0 Å². The first-order valence-electron chi connectivity index (χ1n) is 13.0. The summed E-state index contributed by atoms with van der Waals surface area (Å²) in [4.78, 5) is 73.4. The van der Waals surface area contributed by atoms with E-state index in [1.807, 2.05) is 0 Å². The molecule has 1 aliphatic rings. The molecule has 0 aromatic rings. The first-order valence-corrected chi connectivity index (χ1v) is 13.0. The number of aliphatic carboxylic acids is 2. The van der Waals surface area contributed by atoms with Gasteiger partial charge in [-0.05, 0) is 19.3 Å². The number of hydrogen-bond acceptors (Lipinski definition) is 7. The number of imide groups is 1. The third-order valence-electron chi connectivity index (χ3n) is 6.01. The van der Waals surface area contributed by atoms with Gasteiger partial charge in [0.1, 0.15) is 6.04 Å². The SMILES string of the molecule is O=C(O)CCCCCCCCCCCCCCC(=O)N[C@H](CCC(=O)ON1C(=O)CCC1=O)C(=O)O. The van der Waals surface area contributed by atoms with Crippen molar-refractivity contribution in [2.24, 2.45) is 0 Å². The maximum Gasteiger partial charge on any atom is 0.333 e. The highest BCUT2D eigenvalue weighted by Gasteiger charge is 2.33. The molecule has 0 radical (unpaired) electrons. The number of hydrogen-bond donors (Lipinski definition) is 3. The average molecular weight is 513 g/mol. The van der Waals surface area contributed by atoms with Crippen LogP contribution < -0.4 is 5.32 Å². The lowest BCUT2D eigenvalue weighted by molar-refractivity contribution is -0.197. The molecule has 204 valence electrons. The number of carbonyl (C=O) groups is 6. The quantitative estimate of drug-likeness (QED) is 0.154. The molecule has 1 aliphatic heterocycles. The molecule has 3 N–H and O–H groups in total. The van der Waals surface area contributed by atoms with E-state index in [1.54, 1.807) is 0 Å². The molecular weight excluding hydrogens is 472 g/mol. The molecule has 0 aliphatic carbocycles. The summed E-state index contributed by atoms with van der Waals surface area (Å²) in [5.41, 5.74) is 0. The Bertz CT molecular complexity index is 738. The molecule has 1 heterocycles. The zero-order valence-corrected chi connectivity index (χ0v) is 21.0. The van der Waals surface area contributed by atoms with Gasteiger partial charge in [0.05, 0.1) is 6.42 Å². The number of carboxylic acids is 2. The Morgan fingerprint density at radius 2 is 1.17 bits per heavy atom. The summed E-state index contributed by atoms with van der Waals surface area (Å²) in [7, 11) is 0. The van der Waals surface area contributed by atoms with Crippen LogP contribution in [-0.4, -0.2) is 56.9 Å². The summed E-state index contributed by atoms with van der Waals surface area (Å²) in [5, 5.41) is 20.7. The van der Waals surface area contributed by atoms with E-state index in [9.17, 15) is 33.9 Å². The molecule has 36 heavy (non-hydrogen) atoms. The van der Waals surface area contributed by atoms with Crippen molar-refractivity contribution in [1.29, 1.82) is 0 Å². The summed E-state index contributed by atoms with van der Waals surface area (Å²) in [6, 6.07) is -1.26. The van der Waals surface area contributed by atoms with Gasteiger partial charge in [0, 0.05) is 25.7 Å². The zero-order valence-electron chi connectivity index (χ0n) is 21.0. The number of carboxylic acid groups (broad SMARTS) is 2. The van der Waals surface area contributed by atoms with Gasteiger partial charge >= 0.3 is 17.9 Å². The number of amides is 3. The molecule has 1 rings (SSSR count). The molecule has 0 unspecified atom stereocenters. The van der Waals surface area contributed by atoms with Crippen LogP contribution in [0.1, 0.15) is 116 Å². The van der Waals surface area contributed by atoms with Gasteiger partial charge in [-0.2, -0.15) is 0 Å². The minimum absolute atomic E-state index is 0.0290. The fourth-order valence-corrected chi connectivity index (χ4v) is 3.92. The second-order valence-corrected chi connectivity index (χ2v) is 9.18. The monoisotopic (exact) mass is 512 g/mol. The number of rotatable bonds is 21. The maximum absolute atomic E-state index is 12.1. The van der Waals surface area contributed by atoms with Crippen molar-refractivity contribution < 1.29 is 43.8 Å². The predicted octanol–water partition coefficient (Wildman–Crippen LogP) is 3.49. The second-order valence-electron chi connectivity index (χ2n) is 9.18. The van der Waals surface area contributed by atoms with Crippen LogP contribution in [-0.2, 0) is 33.6 Å². The minimum atomic E-state index is -1.27. The van der Waals surface area contributed by atoms with Gasteiger partial charge in [0.25, 0.3) is 11.8 Å². The van der Waals surface area contributed by atoms with Gasteiger partial charge in [-0.3, -0.25) is 19.2 Å². The van der Waals surface area contributed by atoms with Crippen LogP contribution in [0.3, 0.4) is 0 Å². The molecular formula is C25H40N2O9. The van der Waals surface area contributed by atoms with Crippen LogP contribution in [0, 0.1) is 0 Å². The smallest absolute Gasteiger partial charge is 0.333 e. The van der Waals surface area contributed by atoms with Crippen LogP contribution in [0.2, 0.25) is 0 Å². The Kier molecular flexibility index (Phi) is 15.8. The molecule has 0 spiro atoms. The van der Waals surface area contributed by atoms with E-state index >= 15 is 0 Å². The van der Waals surface area contributed by atoms with Crippen LogP contribution in [0.25, 0.3) is 0 Å². The molecule has 11 nitrogen and oxygen atoms in total. The Morgan fingerprint density at radius 3 is 1.61 bits per heavy atom. The summed E-state index contributed by atoms with van der Waals surface area (Å²) in [5.74, 6) is -4.53. The van der Waals surface area contributed by atoms with Crippen LogP contribution in [0.4, 0.5) is 0 Å². The van der Waals surface area contributed by atoms with Crippen molar-refractivity contribution in [3.63, 3.8) is 0 Å². The number of carbonyl (C=O) groups excluding carboxylic acids is 4. The highest BCUT2D eigenvalue weighted by atomic mass is 16.7. The zero-order chi connectivity index (χ0) is 26.8. The lowest BCUT2D eigenvalue weighted by Crippen LogP contribution is -2.41. The Labute approximate surface area is 211 Å². The van der Waals surface area contributed by atoms with E-state index < -0.39 is 41.7 Å². The molecule has 0 saturated carbocycles. The van der Waals surface area contributed by atoms with E-state index in [4.69, 9.17) is 9.94 Å². The van der Waals surface area contributed by atoms with Crippen molar-refractivity contribution in [1.82, 2.24) is 10.4 Å². The van der Waals surface area contributed by atoms with Gasteiger partial charge in [0.2, 0.25) is 5.91 Å². The van der Waals surface area contributed by atoms with E-state index in [0.717, 1.165) is 51.4 Å². The predicted molar refractivity (Wildman–Crippen MR) is 128 cm³/mol. The Balaban J connectivity index is 2.04. The highest BCUT2D eigenvalue weighted by molar-refractivity contribution is 6.01. The third-order valence-corrected chi connectivity index (χ3v) is 6.01. The fraction of sp³-hybridized carbons (Fsp3) is 0.760. The number of nitrogens with one attached hydrogen (secondary N) is 1. The standard InChI is InChI=1S/C25H40N2O9/c28-20(13-11-9-7-5-3-1-2-4-6-8-10-12-14-23(31)32)26-19(25(34)35)15-18-24(33)36-27-21(29)16-17-22(27)30/h19H,1-18H2,(H,26,28)(H,31,32)(H,34,35)/t19-/m1/s1. The second kappa shape index (κ2) is 18.3. The van der Waals surface area contributed by atoms with Crippen molar-refractivity contribution in [3.05, 3.63) is 0 Å². The Hall–Kier alpha value is -2.98. The van der Waals surface area contributed by atoms with Crippen molar-refractivity contribution in [2.45, 2.75) is 122 Å². The third kappa shape index (κ3) is 14.4. The van der Waals surface area contributed by atoms with Gasteiger partial charge in [-0.25, -0.2) is 9.59 Å². The number of hydroxylamine groups is 2. The normalized spacial score (nSPS) is 14.1. The summed E-state index contributed by atoms with van der Waals surface area (Å²) in [6.45, 7) is 0.